The summed E-state index contributed by atoms with van der Waals surface area (Å²) in [6, 6.07) is 8.53. The Balaban J connectivity index is 1.44. The number of hydrogen-bond acceptors (Lipinski definition) is 3. The average Bonchev–Trinajstić information content (AvgIpc) is 2.93. The van der Waals surface area contributed by atoms with Crippen LogP contribution in [0.15, 0.2) is 24.3 Å². The van der Waals surface area contributed by atoms with Gasteiger partial charge in [0, 0.05) is 18.0 Å². The third-order valence-corrected chi connectivity index (χ3v) is 4.84. The number of nitrogens with one attached hydrogen (secondary N) is 1. The Morgan fingerprint density at radius 2 is 2.05 bits per heavy atom. The van der Waals surface area contributed by atoms with Gasteiger partial charge in [0.15, 0.2) is 0 Å². The molecule has 2 heterocycles. The van der Waals surface area contributed by atoms with Crippen molar-refractivity contribution < 1.29 is 4.74 Å². The minimum absolute atomic E-state index is 0.566. The molecule has 2 aliphatic heterocycles. The standard InChI is InChI=1S/C18H28N2O/c1-2-9-19-12-15-7-10-20(11-8-15)13-16-14-21-18-6-4-3-5-17(16)18/h3-6,15-16,19H,2,7-14H2,1H3. The van der Waals surface area contributed by atoms with Crippen LogP contribution in [0.4, 0.5) is 0 Å². The van der Waals surface area contributed by atoms with Gasteiger partial charge in [0.05, 0.1) is 6.61 Å². The molecule has 1 atom stereocenters. The molecule has 1 N–H and O–H groups in total. The molecule has 116 valence electrons. The van der Waals surface area contributed by atoms with Crippen molar-refractivity contribution >= 4 is 0 Å². The highest BCUT2D eigenvalue weighted by Crippen LogP contribution is 2.34. The first-order valence-electron chi connectivity index (χ1n) is 8.51. The molecule has 3 nitrogen and oxygen atoms in total. The zero-order chi connectivity index (χ0) is 14.5. The van der Waals surface area contributed by atoms with E-state index in [0.29, 0.717) is 5.92 Å². The Bertz CT molecular complexity index is 441. The minimum atomic E-state index is 0.566. The van der Waals surface area contributed by atoms with E-state index in [1.54, 1.807) is 0 Å². The molecule has 0 amide bonds. The Morgan fingerprint density at radius 3 is 2.86 bits per heavy atom. The number of nitrogens with zero attached hydrogens (tertiary/aromatic N) is 1. The number of rotatable bonds is 6. The molecule has 0 spiro atoms. The van der Waals surface area contributed by atoms with Crippen LogP contribution in [-0.2, 0) is 0 Å². The van der Waals surface area contributed by atoms with Crippen LogP contribution in [0.1, 0.15) is 37.7 Å². The summed E-state index contributed by atoms with van der Waals surface area (Å²) >= 11 is 0. The van der Waals surface area contributed by atoms with Gasteiger partial charge >= 0.3 is 0 Å². The van der Waals surface area contributed by atoms with Crippen LogP contribution in [0, 0.1) is 5.92 Å². The number of ether oxygens (including phenoxy) is 1. The largest absolute Gasteiger partial charge is 0.493 e. The molecule has 1 aromatic carbocycles. The number of likely N-dealkylation sites (tertiary alicyclic amines) is 1. The topological polar surface area (TPSA) is 24.5 Å². The van der Waals surface area contributed by atoms with Crippen molar-refractivity contribution in [1.82, 2.24) is 10.2 Å². The summed E-state index contributed by atoms with van der Waals surface area (Å²) in [6.45, 7) is 9.11. The van der Waals surface area contributed by atoms with E-state index in [-0.39, 0.29) is 0 Å². The predicted molar refractivity (Wildman–Crippen MR) is 87.0 cm³/mol. The third-order valence-electron chi connectivity index (χ3n) is 4.84. The van der Waals surface area contributed by atoms with E-state index in [9.17, 15) is 0 Å². The normalized spacial score (nSPS) is 23.0. The van der Waals surface area contributed by atoms with Crippen LogP contribution >= 0.6 is 0 Å². The minimum Gasteiger partial charge on any atom is -0.493 e. The molecule has 1 fully saturated rings. The fourth-order valence-corrected chi connectivity index (χ4v) is 3.55. The van der Waals surface area contributed by atoms with Crippen molar-refractivity contribution in [3.8, 4) is 5.75 Å². The molecule has 0 saturated carbocycles. The first-order valence-corrected chi connectivity index (χ1v) is 8.51. The maximum Gasteiger partial charge on any atom is 0.122 e. The predicted octanol–water partition coefficient (Wildman–Crippen LogP) is 2.87. The molecule has 2 aliphatic rings. The molecule has 3 rings (SSSR count). The zero-order valence-corrected chi connectivity index (χ0v) is 13.2. The van der Waals surface area contributed by atoms with E-state index in [4.69, 9.17) is 4.74 Å². The van der Waals surface area contributed by atoms with Crippen molar-refractivity contribution in [2.45, 2.75) is 32.1 Å². The second-order valence-corrected chi connectivity index (χ2v) is 6.49. The van der Waals surface area contributed by atoms with E-state index in [0.717, 1.165) is 31.4 Å². The van der Waals surface area contributed by atoms with Gasteiger partial charge in [-0.2, -0.15) is 0 Å². The van der Waals surface area contributed by atoms with Gasteiger partial charge in [-0.25, -0.2) is 0 Å². The molecule has 21 heavy (non-hydrogen) atoms. The van der Waals surface area contributed by atoms with Crippen LogP contribution in [0.3, 0.4) is 0 Å². The lowest BCUT2D eigenvalue weighted by Gasteiger charge is -2.33. The highest BCUT2D eigenvalue weighted by atomic mass is 16.5. The summed E-state index contributed by atoms with van der Waals surface area (Å²) in [6.07, 6.45) is 3.91. The Kier molecular flexibility index (Phi) is 5.15. The SMILES string of the molecule is CCCNCC1CCN(CC2COc3ccccc32)CC1. The summed E-state index contributed by atoms with van der Waals surface area (Å²) in [5.41, 5.74) is 1.41. The molecular weight excluding hydrogens is 260 g/mol. The number of hydrogen-bond donors (Lipinski definition) is 1. The molecule has 0 radical (unpaired) electrons. The van der Waals surface area contributed by atoms with Gasteiger partial charge in [-0.3, -0.25) is 0 Å². The van der Waals surface area contributed by atoms with Crippen molar-refractivity contribution in [1.29, 1.82) is 0 Å². The molecule has 0 aromatic heterocycles. The van der Waals surface area contributed by atoms with Crippen LogP contribution in [-0.4, -0.2) is 44.2 Å². The van der Waals surface area contributed by atoms with E-state index >= 15 is 0 Å². The van der Waals surface area contributed by atoms with Crippen LogP contribution in [0.2, 0.25) is 0 Å². The summed E-state index contributed by atoms with van der Waals surface area (Å²) in [5.74, 6) is 2.54. The van der Waals surface area contributed by atoms with Crippen molar-refractivity contribution in [2.24, 2.45) is 5.92 Å². The molecule has 0 aliphatic carbocycles. The number of para-hydroxylation sites is 1. The zero-order valence-electron chi connectivity index (χ0n) is 13.2. The van der Waals surface area contributed by atoms with Gasteiger partial charge in [0.25, 0.3) is 0 Å². The number of piperidine rings is 1. The quantitative estimate of drug-likeness (QED) is 0.815. The maximum atomic E-state index is 5.80. The van der Waals surface area contributed by atoms with Gasteiger partial charge in [0.2, 0.25) is 0 Å². The van der Waals surface area contributed by atoms with E-state index in [1.807, 2.05) is 0 Å². The molecule has 1 saturated heterocycles. The highest BCUT2D eigenvalue weighted by molar-refractivity contribution is 5.39. The highest BCUT2D eigenvalue weighted by Gasteiger charge is 2.27. The van der Waals surface area contributed by atoms with Crippen molar-refractivity contribution in [2.75, 3.05) is 39.3 Å². The smallest absolute Gasteiger partial charge is 0.122 e. The first kappa shape index (κ1) is 14.9. The monoisotopic (exact) mass is 288 g/mol. The number of benzene rings is 1. The molecule has 1 unspecified atom stereocenters. The van der Waals surface area contributed by atoms with Gasteiger partial charge < -0.3 is 15.0 Å². The van der Waals surface area contributed by atoms with Gasteiger partial charge in [0.1, 0.15) is 5.75 Å². The van der Waals surface area contributed by atoms with Crippen LogP contribution in [0.25, 0.3) is 0 Å². The summed E-state index contributed by atoms with van der Waals surface area (Å²) in [4.78, 5) is 2.63. The van der Waals surface area contributed by atoms with Gasteiger partial charge in [-0.15, -0.1) is 0 Å². The summed E-state index contributed by atoms with van der Waals surface area (Å²) in [7, 11) is 0. The molecular formula is C18H28N2O. The first-order chi connectivity index (χ1) is 10.4. The third kappa shape index (κ3) is 3.78. The number of fused-ring (bicyclic) bond motifs is 1. The lowest BCUT2D eigenvalue weighted by molar-refractivity contribution is 0.166. The Morgan fingerprint density at radius 1 is 1.24 bits per heavy atom. The average molecular weight is 288 g/mol. The van der Waals surface area contributed by atoms with Crippen molar-refractivity contribution in [3.05, 3.63) is 29.8 Å². The van der Waals surface area contributed by atoms with Gasteiger partial charge in [-0.05, 0) is 57.4 Å². The maximum absolute atomic E-state index is 5.80. The fourth-order valence-electron chi connectivity index (χ4n) is 3.55. The second-order valence-electron chi connectivity index (χ2n) is 6.49. The van der Waals surface area contributed by atoms with Crippen LogP contribution < -0.4 is 10.1 Å². The van der Waals surface area contributed by atoms with Gasteiger partial charge in [-0.1, -0.05) is 25.1 Å². The molecule has 3 heteroatoms. The van der Waals surface area contributed by atoms with Crippen molar-refractivity contribution in [3.63, 3.8) is 0 Å². The Hall–Kier alpha value is -1.06. The van der Waals surface area contributed by atoms with Crippen LogP contribution in [0.5, 0.6) is 5.75 Å². The Labute approximate surface area is 128 Å². The molecule has 1 aromatic rings. The fraction of sp³-hybridized carbons (Fsp3) is 0.667. The van der Waals surface area contributed by atoms with E-state index < -0.39 is 0 Å². The van der Waals surface area contributed by atoms with E-state index in [2.05, 4.69) is 41.4 Å². The summed E-state index contributed by atoms with van der Waals surface area (Å²) < 4.78 is 5.80. The second kappa shape index (κ2) is 7.28. The lowest BCUT2D eigenvalue weighted by Crippen LogP contribution is -2.39. The van der Waals surface area contributed by atoms with E-state index in [1.165, 1.54) is 44.5 Å². The lowest BCUT2D eigenvalue weighted by atomic mass is 9.94. The molecule has 0 bridgehead atoms. The summed E-state index contributed by atoms with van der Waals surface area (Å²) in [5, 5.41) is 3.57.